The lowest BCUT2D eigenvalue weighted by Crippen LogP contribution is -2.27. The smallest absolute Gasteiger partial charge is 0.211 e. The van der Waals surface area contributed by atoms with Crippen molar-refractivity contribution in [2.75, 3.05) is 19.3 Å². The first kappa shape index (κ1) is 13.6. The number of fused-ring (bicyclic) bond motifs is 3. The van der Waals surface area contributed by atoms with Gasteiger partial charge in [-0.2, -0.15) is 0 Å². The molecule has 1 N–H and O–H groups in total. The van der Waals surface area contributed by atoms with E-state index in [1.54, 1.807) is 18.7 Å². The zero-order valence-corrected chi connectivity index (χ0v) is 12.8. The highest BCUT2D eigenvalue weighted by Gasteiger charge is 2.31. The Morgan fingerprint density at radius 2 is 2.18 bits per heavy atom. The van der Waals surface area contributed by atoms with Crippen molar-refractivity contribution in [3.05, 3.63) is 30.5 Å². The molecule has 114 valence electrons. The van der Waals surface area contributed by atoms with Crippen molar-refractivity contribution in [3.63, 3.8) is 0 Å². The molecule has 1 fully saturated rings. The molecule has 7 nitrogen and oxygen atoms in total. The van der Waals surface area contributed by atoms with E-state index in [9.17, 15) is 8.42 Å². The largest absolute Gasteiger partial charge is 0.349 e. The van der Waals surface area contributed by atoms with Gasteiger partial charge in [0.15, 0.2) is 5.65 Å². The van der Waals surface area contributed by atoms with Crippen LogP contribution < -0.4 is 0 Å². The molecule has 4 heterocycles. The van der Waals surface area contributed by atoms with Crippen LogP contribution in [0.4, 0.5) is 0 Å². The average Bonchev–Trinajstić information content (AvgIpc) is 3.15. The molecule has 0 bridgehead atoms. The van der Waals surface area contributed by atoms with Gasteiger partial charge in [-0.25, -0.2) is 27.7 Å². The van der Waals surface area contributed by atoms with Gasteiger partial charge in [-0.05, 0) is 12.5 Å². The van der Waals surface area contributed by atoms with Crippen LogP contribution >= 0.6 is 0 Å². The summed E-state index contributed by atoms with van der Waals surface area (Å²) in [5.41, 5.74) is 2.50. The number of aromatic nitrogens is 4. The standard InChI is InChI=1S/C14H15N5O2S/c1-22(20,21)19-5-3-9(7-19)13-12-10-2-4-15-14(10)16-6-11(12)17-8-18-13/h2,4,6,8-9H,3,5,7H2,1H3,(H,17,18). The molecule has 1 atom stereocenters. The fraction of sp³-hybridized carbons (Fsp3) is 0.357. The number of pyridine rings is 1. The molecular formula is C14H15N5O2S. The van der Waals surface area contributed by atoms with E-state index >= 15 is 0 Å². The van der Waals surface area contributed by atoms with Crippen molar-refractivity contribution in [3.8, 4) is 0 Å². The molecule has 1 saturated heterocycles. The molecule has 0 saturated carbocycles. The lowest BCUT2D eigenvalue weighted by molar-refractivity contribution is 0.478. The highest BCUT2D eigenvalue weighted by molar-refractivity contribution is 7.88. The Morgan fingerprint density at radius 3 is 2.95 bits per heavy atom. The molecule has 1 aliphatic heterocycles. The normalized spacial score (nSPS) is 20.1. The molecule has 22 heavy (non-hydrogen) atoms. The number of nitrogens with zero attached hydrogens (tertiary/aromatic N) is 4. The van der Waals surface area contributed by atoms with Gasteiger partial charge in [0.05, 0.1) is 24.3 Å². The Balaban J connectivity index is 1.87. The van der Waals surface area contributed by atoms with Crippen molar-refractivity contribution in [2.45, 2.75) is 12.3 Å². The molecule has 0 spiro atoms. The van der Waals surface area contributed by atoms with Gasteiger partial charge in [-0.1, -0.05) is 0 Å². The number of sulfonamides is 1. The molecule has 3 aromatic rings. The third kappa shape index (κ3) is 2.06. The summed E-state index contributed by atoms with van der Waals surface area (Å²) in [6.45, 7) is 1.04. The first-order chi connectivity index (χ1) is 10.5. The third-order valence-electron chi connectivity index (χ3n) is 4.23. The van der Waals surface area contributed by atoms with Crippen molar-refractivity contribution >= 4 is 32.0 Å². The molecule has 1 unspecified atom stereocenters. The van der Waals surface area contributed by atoms with Gasteiger partial charge >= 0.3 is 0 Å². The van der Waals surface area contributed by atoms with Crippen LogP contribution in [0.25, 0.3) is 21.9 Å². The topological polar surface area (TPSA) is 91.8 Å². The van der Waals surface area contributed by atoms with Gasteiger partial charge in [0, 0.05) is 41.7 Å². The maximum Gasteiger partial charge on any atom is 0.211 e. The van der Waals surface area contributed by atoms with Crippen LogP contribution in [0.15, 0.2) is 24.8 Å². The summed E-state index contributed by atoms with van der Waals surface area (Å²) in [6, 6.07) is 1.92. The number of H-pyrrole nitrogens is 1. The number of hydrogen-bond donors (Lipinski definition) is 1. The first-order valence-corrected chi connectivity index (χ1v) is 8.90. The number of hydrogen-bond acceptors (Lipinski definition) is 5. The summed E-state index contributed by atoms with van der Waals surface area (Å²) in [5.74, 6) is 0.126. The Bertz CT molecular complexity index is 966. The summed E-state index contributed by atoms with van der Waals surface area (Å²) in [5, 5.41) is 1.94. The van der Waals surface area contributed by atoms with Crippen molar-refractivity contribution in [1.29, 1.82) is 0 Å². The average molecular weight is 317 g/mol. The van der Waals surface area contributed by atoms with E-state index in [1.165, 1.54) is 10.6 Å². The van der Waals surface area contributed by atoms with Gasteiger partial charge < -0.3 is 4.98 Å². The number of aromatic amines is 1. The van der Waals surface area contributed by atoms with E-state index < -0.39 is 10.0 Å². The lowest BCUT2D eigenvalue weighted by Gasteiger charge is -2.15. The predicted octanol–water partition coefficient (Wildman–Crippen LogP) is 1.25. The second-order valence-electron chi connectivity index (χ2n) is 5.62. The van der Waals surface area contributed by atoms with Crippen molar-refractivity contribution in [2.24, 2.45) is 0 Å². The molecule has 8 heteroatoms. The third-order valence-corrected chi connectivity index (χ3v) is 5.50. The maximum absolute atomic E-state index is 11.7. The highest BCUT2D eigenvalue weighted by atomic mass is 32.2. The van der Waals surface area contributed by atoms with Gasteiger partial charge in [0.1, 0.15) is 0 Å². The van der Waals surface area contributed by atoms with Crippen molar-refractivity contribution in [1.82, 2.24) is 24.2 Å². The van der Waals surface area contributed by atoms with Crippen LogP contribution in [-0.2, 0) is 10.0 Å². The van der Waals surface area contributed by atoms with E-state index in [0.29, 0.717) is 18.7 Å². The Hall–Kier alpha value is -2.06. The summed E-state index contributed by atoms with van der Waals surface area (Å²) in [7, 11) is -3.15. The molecule has 1 aliphatic rings. The number of nitrogens with one attached hydrogen (secondary N) is 1. The van der Waals surface area contributed by atoms with Gasteiger partial charge in [0.25, 0.3) is 0 Å². The highest BCUT2D eigenvalue weighted by Crippen LogP contribution is 2.33. The monoisotopic (exact) mass is 317 g/mol. The summed E-state index contributed by atoms with van der Waals surface area (Å²) in [4.78, 5) is 16.1. The molecule has 0 radical (unpaired) electrons. The van der Waals surface area contributed by atoms with Gasteiger partial charge in [0.2, 0.25) is 10.0 Å². The van der Waals surface area contributed by atoms with E-state index in [1.807, 2.05) is 6.07 Å². The Kier molecular flexibility index (Phi) is 2.92. The Morgan fingerprint density at radius 1 is 1.32 bits per heavy atom. The summed E-state index contributed by atoms with van der Waals surface area (Å²) in [6.07, 6.45) is 7.13. The van der Waals surface area contributed by atoms with Gasteiger partial charge in [-0.3, -0.25) is 0 Å². The quantitative estimate of drug-likeness (QED) is 0.768. The fourth-order valence-electron chi connectivity index (χ4n) is 3.16. The van der Waals surface area contributed by atoms with Gasteiger partial charge in [-0.15, -0.1) is 0 Å². The summed E-state index contributed by atoms with van der Waals surface area (Å²) < 4.78 is 25.0. The zero-order valence-electron chi connectivity index (χ0n) is 12.0. The molecule has 0 aliphatic carbocycles. The lowest BCUT2D eigenvalue weighted by atomic mass is 9.99. The van der Waals surface area contributed by atoms with Crippen LogP contribution in [0.3, 0.4) is 0 Å². The summed E-state index contributed by atoms with van der Waals surface area (Å²) >= 11 is 0. The second-order valence-corrected chi connectivity index (χ2v) is 7.61. The molecule has 0 amide bonds. The molecule has 3 aromatic heterocycles. The first-order valence-electron chi connectivity index (χ1n) is 7.06. The SMILES string of the molecule is CS(=O)(=O)N1CCC(c2[nH]cnc3cnc4nccc4c23)C1. The number of rotatable bonds is 2. The maximum atomic E-state index is 11.7. The Labute approximate surface area is 127 Å². The van der Waals surface area contributed by atoms with Crippen LogP contribution in [0.1, 0.15) is 18.0 Å². The van der Waals surface area contributed by atoms with Crippen LogP contribution in [-0.4, -0.2) is 52.0 Å². The van der Waals surface area contributed by atoms with Crippen LogP contribution in [0.5, 0.6) is 0 Å². The predicted molar refractivity (Wildman–Crippen MR) is 83.0 cm³/mol. The minimum absolute atomic E-state index is 0.126. The van der Waals surface area contributed by atoms with E-state index in [-0.39, 0.29) is 5.92 Å². The van der Waals surface area contributed by atoms with E-state index in [4.69, 9.17) is 0 Å². The van der Waals surface area contributed by atoms with E-state index in [2.05, 4.69) is 19.9 Å². The second kappa shape index (κ2) is 4.72. The van der Waals surface area contributed by atoms with Crippen LogP contribution in [0.2, 0.25) is 0 Å². The molecule has 0 aromatic carbocycles. The van der Waals surface area contributed by atoms with E-state index in [0.717, 1.165) is 28.4 Å². The zero-order chi connectivity index (χ0) is 15.3. The van der Waals surface area contributed by atoms with Crippen molar-refractivity contribution < 1.29 is 8.42 Å². The molecular weight excluding hydrogens is 302 g/mol. The minimum atomic E-state index is -3.15. The molecule has 4 rings (SSSR count). The minimum Gasteiger partial charge on any atom is -0.349 e. The fourth-order valence-corrected chi connectivity index (χ4v) is 4.05. The van der Waals surface area contributed by atoms with Crippen LogP contribution in [0, 0.1) is 0 Å².